The maximum absolute atomic E-state index is 12.3. The number of fused-ring (bicyclic) bond motifs is 1. The van der Waals surface area contributed by atoms with E-state index in [4.69, 9.17) is 0 Å². The smallest absolute Gasteiger partial charge is 0.274 e. The van der Waals surface area contributed by atoms with Crippen LogP contribution in [0.2, 0.25) is 0 Å². The zero-order valence-electron chi connectivity index (χ0n) is 11.1. The van der Waals surface area contributed by atoms with Crippen LogP contribution in [0.5, 0.6) is 0 Å². The summed E-state index contributed by atoms with van der Waals surface area (Å²) in [5.41, 5.74) is 2.23. The van der Waals surface area contributed by atoms with Gasteiger partial charge in [0.05, 0.1) is 17.4 Å². The van der Waals surface area contributed by atoms with Crippen LogP contribution in [0.3, 0.4) is 0 Å². The van der Waals surface area contributed by atoms with Gasteiger partial charge in [0.15, 0.2) is 5.78 Å². The number of aromatic amines is 1. The lowest BCUT2D eigenvalue weighted by Crippen LogP contribution is -2.18. The second kappa shape index (κ2) is 4.81. The number of carbonyl (C=O) groups excluding carboxylic acids is 1. The van der Waals surface area contributed by atoms with Gasteiger partial charge in [-0.15, -0.1) is 0 Å². The van der Waals surface area contributed by atoms with E-state index in [0.717, 1.165) is 11.1 Å². The minimum atomic E-state index is -0.0704. The lowest BCUT2D eigenvalue weighted by molar-refractivity contribution is 0.101. The minimum absolute atomic E-state index is 0.00441. The first kappa shape index (κ1) is 12.4. The lowest BCUT2D eigenvalue weighted by Gasteiger charge is -2.06. The van der Waals surface area contributed by atoms with E-state index in [1.165, 1.54) is 11.6 Å². The minimum Gasteiger partial charge on any atom is -0.295 e. The molecular formula is C16H14N2O2. The Bertz CT molecular complexity index is 843. The fourth-order valence-electron chi connectivity index (χ4n) is 2.39. The zero-order chi connectivity index (χ0) is 14.1. The molecule has 0 aliphatic carbocycles. The molecule has 0 spiro atoms. The Morgan fingerprint density at radius 3 is 2.55 bits per heavy atom. The van der Waals surface area contributed by atoms with Gasteiger partial charge in [-0.2, -0.15) is 0 Å². The summed E-state index contributed by atoms with van der Waals surface area (Å²) in [5.74, 6) is 0.00441. The lowest BCUT2D eigenvalue weighted by atomic mass is 10.0. The summed E-state index contributed by atoms with van der Waals surface area (Å²) in [6.45, 7) is 1.90. The van der Waals surface area contributed by atoms with E-state index < -0.39 is 0 Å². The number of H-pyrrole nitrogens is 1. The highest BCUT2D eigenvalue weighted by atomic mass is 16.1. The number of hydrogen-bond acceptors (Lipinski definition) is 2. The van der Waals surface area contributed by atoms with Gasteiger partial charge in [-0.3, -0.25) is 14.7 Å². The van der Waals surface area contributed by atoms with E-state index in [9.17, 15) is 9.59 Å². The van der Waals surface area contributed by atoms with Crippen molar-refractivity contribution in [2.45, 2.75) is 13.5 Å². The molecule has 0 aliphatic heterocycles. The molecule has 3 aromatic rings. The van der Waals surface area contributed by atoms with Crippen LogP contribution in [0.15, 0.2) is 53.3 Å². The average molecular weight is 266 g/mol. The van der Waals surface area contributed by atoms with Gasteiger partial charge in [0.1, 0.15) is 0 Å². The maximum Gasteiger partial charge on any atom is 0.274 e. The highest BCUT2D eigenvalue weighted by molar-refractivity contribution is 5.95. The summed E-state index contributed by atoms with van der Waals surface area (Å²) in [6.07, 6.45) is 0. The van der Waals surface area contributed by atoms with Crippen molar-refractivity contribution >= 4 is 16.7 Å². The standard InChI is InChI=1S/C16H14N2O2/c1-11(19)13-7-3-2-6-12(13)10-18-16(20)14-8-4-5-9-15(14)17-18/h2-9,17H,10H2,1H3. The van der Waals surface area contributed by atoms with E-state index in [1.54, 1.807) is 12.1 Å². The number of benzene rings is 2. The Balaban J connectivity index is 2.08. The van der Waals surface area contributed by atoms with Crippen LogP contribution in [0, 0.1) is 0 Å². The summed E-state index contributed by atoms with van der Waals surface area (Å²) in [7, 11) is 0. The van der Waals surface area contributed by atoms with Crippen LogP contribution in [0.25, 0.3) is 10.9 Å². The van der Waals surface area contributed by atoms with Crippen molar-refractivity contribution < 1.29 is 4.79 Å². The quantitative estimate of drug-likeness (QED) is 0.741. The molecule has 0 atom stereocenters. The molecule has 2 aromatic carbocycles. The molecule has 0 saturated heterocycles. The number of hydrogen-bond donors (Lipinski definition) is 1. The average Bonchev–Trinajstić information content (AvgIpc) is 2.76. The van der Waals surface area contributed by atoms with Crippen LogP contribution in [0.4, 0.5) is 0 Å². The largest absolute Gasteiger partial charge is 0.295 e. The maximum atomic E-state index is 12.3. The topological polar surface area (TPSA) is 54.9 Å². The highest BCUT2D eigenvalue weighted by Crippen LogP contribution is 2.12. The van der Waals surface area contributed by atoms with Gasteiger partial charge in [0.25, 0.3) is 5.56 Å². The van der Waals surface area contributed by atoms with Gasteiger partial charge in [-0.25, -0.2) is 4.68 Å². The van der Waals surface area contributed by atoms with Gasteiger partial charge in [-0.1, -0.05) is 36.4 Å². The SMILES string of the molecule is CC(=O)c1ccccc1Cn1[nH]c2ccccc2c1=O. The number of ketones is 1. The van der Waals surface area contributed by atoms with Crippen LogP contribution < -0.4 is 5.56 Å². The Hall–Kier alpha value is -2.62. The van der Waals surface area contributed by atoms with Gasteiger partial charge in [-0.05, 0) is 24.6 Å². The van der Waals surface area contributed by atoms with Crippen LogP contribution in [-0.2, 0) is 6.54 Å². The first-order valence-corrected chi connectivity index (χ1v) is 6.43. The third kappa shape index (κ3) is 2.05. The Morgan fingerprint density at radius 2 is 1.80 bits per heavy atom. The number of Topliss-reactive ketones (excluding diaryl/α,β-unsaturated/α-hetero) is 1. The molecular weight excluding hydrogens is 252 g/mol. The van der Waals surface area contributed by atoms with E-state index in [1.807, 2.05) is 36.4 Å². The van der Waals surface area contributed by atoms with Crippen molar-refractivity contribution in [1.29, 1.82) is 0 Å². The molecule has 4 nitrogen and oxygen atoms in total. The predicted molar refractivity (Wildman–Crippen MR) is 78.1 cm³/mol. The molecule has 3 rings (SSSR count). The summed E-state index contributed by atoms with van der Waals surface area (Å²) in [6, 6.07) is 14.7. The number of rotatable bonds is 3. The van der Waals surface area contributed by atoms with Crippen molar-refractivity contribution in [3.05, 3.63) is 70.0 Å². The van der Waals surface area contributed by atoms with Crippen LogP contribution in [0.1, 0.15) is 22.8 Å². The molecule has 0 fully saturated rings. The molecule has 20 heavy (non-hydrogen) atoms. The van der Waals surface area contributed by atoms with E-state index in [2.05, 4.69) is 5.10 Å². The number of para-hydroxylation sites is 1. The van der Waals surface area contributed by atoms with Crippen molar-refractivity contribution in [1.82, 2.24) is 9.78 Å². The van der Waals surface area contributed by atoms with Crippen molar-refractivity contribution in [2.24, 2.45) is 0 Å². The number of aromatic nitrogens is 2. The number of nitrogens with zero attached hydrogens (tertiary/aromatic N) is 1. The molecule has 1 aromatic heterocycles. The molecule has 1 N–H and O–H groups in total. The van der Waals surface area contributed by atoms with Crippen molar-refractivity contribution in [3.63, 3.8) is 0 Å². The zero-order valence-corrected chi connectivity index (χ0v) is 11.1. The first-order chi connectivity index (χ1) is 9.66. The molecule has 0 amide bonds. The van der Waals surface area contributed by atoms with E-state index in [0.29, 0.717) is 17.5 Å². The monoisotopic (exact) mass is 266 g/mol. The second-order valence-corrected chi connectivity index (χ2v) is 4.76. The molecule has 0 unspecified atom stereocenters. The first-order valence-electron chi connectivity index (χ1n) is 6.43. The van der Waals surface area contributed by atoms with E-state index in [-0.39, 0.29) is 11.3 Å². The number of carbonyl (C=O) groups is 1. The van der Waals surface area contributed by atoms with Crippen LogP contribution in [-0.4, -0.2) is 15.6 Å². The molecule has 1 heterocycles. The van der Waals surface area contributed by atoms with Gasteiger partial charge in [0.2, 0.25) is 0 Å². The molecule has 100 valence electrons. The van der Waals surface area contributed by atoms with Crippen LogP contribution >= 0.6 is 0 Å². The second-order valence-electron chi connectivity index (χ2n) is 4.76. The summed E-state index contributed by atoms with van der Waals surface area (Å²) in [4.78, 5) is 23.9. The fourth-order valence-corrected chi connectivity index (χ4v) is 2.39. The molecule has 0 bridgehead atoms. The van der Waals surface area contributed by atoms with Crippen molar-refractivity contribution in [2.75, 3.05) is 0 Å². The Kier molecular flexibility index (Phi) is 2.99. The van der Waals surface area contributed by atoms with Gasteiger partial charge < -0.3 is 0 Å². The molecule has 0 radical (unpaired) electrons. The summed E-state index contributed by atoms with van der Waals surface area (Å²) >= 11 is 0. The predicted octanol–water partition coefficient (Wildman–Crippen LogP) is 2.58. The van der Waals surface area contributed by atoms with Crippen molar-refractivity contribution in [3.8, 4) is 0 Å². The summed E-state index contributed by atoms with van der Waals surface area (Å²) < 4.78 is 1.53. The molecule has 4 heteroatoms. The normalized spacial score (nSPS) is 10.8. The van der Waals surface area contributed by atoms with E-state index >= 15 is 0 Å². The third-order valence-corrected chi connectivity index (χ3v) is 3.38. The van der Waals surface area contributed by atoms with Gasteiger partial charge >= 0.3 is 0 Å². The Labute approximate surface area is 115 Å². The summed E-state index contributed by atoms with van der Waals surface area (Å²) in [5, 5.41) is 3.73. The number of nitrogens with one attached hydrogen (secondary N) is 1. The Morgan fingerprint density at radius 1 is 1.10 bits per heavy atom. The third-order valence-electron chi connectivity index (χ3n) is 3.38. The fraction of sp³-hybridized carbons (Fsp3) is 0.125. The molecule has 0 saturated carbocycles. The van der Waals surface area contributed by atoms with Gasteiger partial charge in [0, 0.05) is 5.56 Å². The molecule has 0 aliphatic rings. The highest BCUT2D eigenvalue weighted by Gasteiger charge is 2.10.